The molecule has 38 heavy (non-hydrogen) atoms. The van der Waals surface area contributed by atoms with Crippen molar-refractivity contribution in [3.8, 4) is 0 Å². The Hall–Kier alpha value is -1.89. The molecule has 0 fully saturated rings. The highest BCUT2D eigenvalue weighted by atomic mass is 16.4. The molecule has 3 N–H and O–H groups in total. The molecule has 0 rings (SSSR count). The minimum atomic E-state index is -0.825. The number of hydrogen-bond donors (Lipinski definition) is 3. The molecule has 7 nitrogen and oxygen atoms in total. The van der Waals surface area contributed by atoms with Gasteiger partial charge in [0.1, 0.15) is 0 Å². The molecule has 222 valence electrons. The summed E-state index contributed by atoms with van der Waals surface area (Å²) in [4.78, 5) is 34.4. The topological polar surface area (TPSA) is 112 Å². The van der Waals surface area contributed by atoms with Crippen molar-refractivity contribution in [2.45, 2.75) is 124 Å². The summed E-state index contributed by atoms with van der Waals surface area (Å²) in [6.45, 7) is 10.1. The van der Waals surface area contributed by atoms with E-state index in [4.69, 9.17) is 0 Å². The van der Waals surface area contributed by atoms with Gasteiger partial charge in [0.05, 0.1) is 43.9 Å². The van der Waals surface area contributed by atoms with Gasteiger partial charge in [0, 0.05) is 19.3 Å². The van der Waals surface area contributed by atoms with E-state index in [1.54, 1.807) is 20.8 Å². The first-order valence-electron chi connectivity index (χ1n) is 15.2. The molecule has 0 saturated heterocycles. The van der Waals surface area contributed by atoms with Gasteiger partial charge >= 0.3 is 17.9 Å². The lowest BCUT2D eigenvalue weighted by molar-refractivity contribution is -0.929. The molecule has 0 radical (unpaired) electrons. The summed E-state index contributed by atoms with van der Waals surface area (Å²) < 4.78 is 0.611. The molecular formula is C31H58NO6+. The maximum Gasteiger partial charge on any atom is 0.306 e. The Labute approximate surface area is 232 Å². The third kappa shape index (κ3) is 18.4. The van der Waals surface area contributed by atoms with Crippen LogP contribution in [0.3, 0.4) is 0 Å². The molecule has 7 heteroatoms. The van der Waals surface area contributed by atoms with E-state index in [-0.39, 0.29) is 0 Å². The van der Waals surface area contributed by atoms with E-state index in [0.29, 0.717) is 43.4 Å². The van der Waals surface area contributed by atoms with Gasteiger partial charge < -0.3 is 19.8 Å². The summed E-state index contributed by atoms with van der Waals surface area (Å²) in [5.41, 5.74) is 0. The number of quaternary nitrogens is 1. The van der Waals surface area contributed by atoms with Crippen molar-refractivity contribution in [1.29, 1.82) is 0 Å². The number of allylic oxidation sites excluding steroid dienone is 2. The van der Waals surface area contributed by atoms with Crippen LogP contribution in [0.15, 0.2) is 12.2 Å². The molecule has 0 amide bonds. The Morgan fingerprint density at radius 3 is 1.24 bits per heavy atom. The summed E-state index contributed by atoms with van der Waals surface area (Å²) in [7, 11) is 0. The number of aliphatic carboxylic acids is 3. The molecule has 3 unspecified atom stereocenters. The monoisotopic (exact) mass is 540 g/mol. The van der Waals surface area contributed by atoms with Crippen molar-refractivity contribution >= 4 is 17.9 Å². The summed E-state index contributed by atoms with van der Waals surface area (Å²) in [5, 5.41) is 28.2. The number of hydrogen-bond acceptors (Lipinski definition) is 3. The molecule has 3 atom stereocenters. The number of carbonyl (C=O) groups is 3. The average molecular weight is 541 g/mol. The lowest BCUT2D eigenvalue weighted by atomic mass is 10.0. The van der Waals surface area contributed by atoms with Gasteiger partial charge in [-0.25, -0.2) is 0 Å². The maximum atomic E-state index is 11.5. The molecule has 0 aromatic rings. The standard InChI is InChI=1S/C31H57NO6/c1-5-6-7-8-9-10-11-12-13-14-15-16-17-18-22-32(23-19-26(2)29(33)34,24-20-27(3)30(35)36)25-21-28(4)31(37)38/h6-7,26-28H,5,8-25H2,1-4H3,(H2-,33,34,35,36,37,38)/p+1/b7-6+. The highest BCUT2D eigenvalue weighted by Crippen LogP contribution is 2.22. The number of rotatable bonds is 26. The third-order valence-corrected chi connectivity index (χ3v) is 8.03. The quantitative estimate of drug-likeness (QED) is 0.0599. The molecule has 0 aliphatic rings. The van der Waals surface area contributed by atoms with E-state index in [2.05, 4.69) is 19.1 Å². The van der Waals surface area contributed by atoms with Gasteiger partial charge in [0.2, 0.25) is 0 Å². The minimum absolute atomic E-state index is 0.478. The molecule has 0 heterocycles. The third-order valence-electron chi connectivity index (χ3n) is 8.03. The molecule has 0 aromatic heterocycles. The molecule has 0 spiro atoms. The molecule has 0 saturated carbocycles. The van der Waals surface area contributed by atoms with Gasteiger partial charge in [-0.3, -0.25) is 14.4 Å². The van der Waals surface area contributed by atoms with Crippen LogP contribution in [0.25, 0.3) is 0 Å². The first-order chi connectivity index (χ1) is 18.0. The Morgan fingerprint density at radius 2 is 0.895 bits per heavy atom. The normalized spacial score (nSPS) is 15.7. The van der Waals surface area contributed by atoms with Crippen molar-refractivity contribution < 1.29 is 34.2 Å². The first kappa shape index (κ1) is 36.1. The van der Waals surface area contributed by atoms with Crippen molar-refractivity contribution in [3.05, 3.63) is 12.2 Å². The molecular weight excluding hydrogens is 482 g/mol. The zero-order chi connectivity index (χ0) is 28.8. The van der Waals surface area contributed by atoms with Crippen molar-refractivity contribution in [1.82, 2.24) is 0 Å². The highest BCUT2D eigenvalue weighted by Gasteiger charge is 2.31. The van der Waals surface area contributed by atoms with Gasteiger partial charge in [-0.15, -0.1) is 0 Å². The summed E-state index contributed by atoms with van der Waals surface area (Å²) >= 11 is 0. The summed E-state index contributed by atoms with van der Waals surface area (Å²) in [5.74, 6) is -3.91. The fourth-order valence-electron chi connectivity index (χ4n) is 4.85. The van der Waals surface area contributed by atoms with Crippen LogP contribution in [-0.2, 0) is 14.4 Å². The lowest BCUT2D eigenvalue weighted by Gasteiger charge is -2.40. The second-order valence-electron chi connectivity index (χ2n) is 11.5. The van der Waals surface area contributed by atoms with Crippen LogP contribution in [0.4, 0.5) is 0 Å². The van der Waals surface area contributed by atoms with E-state index in [0.717, 1.165) is 25.8 Å². The number of carboxylic acid groups (broad SMARTS) is 3. The second kappa shape index (κ2) is 22.0. The van der Waals surface area contributed by atoms with Gasteiger partial charge in [-0.05, 0) is 32.1 Å². The van der Waals surface area contributed by atoms with Crippen LogP contribution in [0.1, 0.15) is 124 Å². The van der Waals surface area contributed by atoms with Crippen LogP contribution in [0.2, 0.25) is 0 Å². The maximum absolute atomic E-state index is 11.5. The van der Waals surface area contributed by atoms with Gasteiger partial charge in [-0.2, -0.15) is 0 Å². The SMILES string of the molecule is CC/C=C/CCCCCCCCCCCC[N+](CCC(C)C(=O)O)(CCC(C)C(=O)O)CCC(C)C(=O)O. The van der Waals surface area contributed by atoms with Crippen molar-refractivity contribution in [2.75, 3.05) is 26.2 Å². The molecule has 0 aromatic carbocycles. The Morgan fingerprint density at radius 1 is 0.553 bits per heavy atom. The second-order valence-corrected chi connectivity index (χ2v) is 11.5. The van der Waals surface area contributed by atoms with Gasteiger partial charge in [0.15, 0.2) is 0 Å². The molecule has 0 bridgehead atoms. The Kier molecular flexibility index (Phi) is 20.9. The fourth-order valence-corrected chi connectivity index (χ4v) is 4.85. The highest BCUT2D eigenvalue weighted by molar-refractivity contribution is 5.70. The first-order valence-corrected chi connectivity index (χ1v) is 15.2. The van der Waals surface area contributed by atoms with E-state index in [9.17, 15) is 29.7 Å². The number of carboxylic acids is 3. The van der Waals surface area contributed by atoms with Crippen molar-refractivity contribution in [3.63, 3.8) is 0 Å². The van der Waals surface area contributed by atoms with Crippen LogP contribution in [-0.4, -0.2) is 63.9 Å². The number of unbranched alkanes of at least 4 members (excludes halogenated alkanes) is 10. The zero-order valence-electron chi connectivity index (χ0n) is 24.8. The zero-order valence-corrected chi connectivity index (χ0v) is 24.8. The molecule has 0 aliphatic carbocycles. The summed E-state index contributed by atoms with van der Waals surface area (Å²) in [6, 6.07) is 0. The van der Waals surface area contributed by atoms with Crippen molar-refractivity contribution in [2.24, 2.45) is 17.8 Å². The Balaban J connectivity index is 4.76. The minimum Gasteiger partial charge on any atom is -0.481 e. The van der Waals surface area contributed by atoms with E-state index >= 15 is 0 Å². The van der Waals surface area contributed by atoms with E-state index in [1.807, 2.05) is 0 Å². The smallest absolute Gasteiger partial charge is 0.306 e. The molecule has 0 aliphatic heterocycles. The predicted molar refractivity (Wildman–Crippen MR) is 154 cm³/mol. The van der Waals surface area contributed by atoms with Crippen LogP contribution >= 0.6 is 0 Å². The van der Waals surface area contributed by atoms with E-state index < -0.39 is 35.7 Å². The summed E-state index contributed by atoms with van der Waals surface area (Å²) in [6.07, 6.45) is 20.7. The van der Waals surface area contributed by atoms with Crippen LogP contribution in [0.5, 0.6) is 0 Å². The average Bonchev–Trinajstić information content (AvgIpc) is 2.88. The number of nitrogens with zero attached hydrogens (tertiary/aromatic N) is 1. The Bertz CT molecular complexity index is 617. The van der Waals surface area contributed by atoms with Crippen LogP contribution < -0.4 is 0 Å². The van der Waals surface area contributed by atoms with Crippen LogP contribution in [0, 0.1) is 17.8 Å². The van der Waals surface area contributed by atoms with Gasteiger partial charge in [-0.1, -0.05) is 84.8 Å². The largest absolute Gasteiger partial charge is 0.481 e. The predicted octanol–water partition coefficient (Wildman–Crippen LogP) is 7.39. The lowest BCUT2D eigenvalue weighted by Crippen LogP contribution is -2.52. The van der Waals surface area contributed by atoms with E-state index in [1.165, 1.54) is 57.8 Å². The van der Waals surface area contributed by atoms with Gasteiger partial charge in [0.25, 0.3) is 0 Å². The fraction of sp³-hybridized carbons (Fsp3) is 0.839.